The van der Waals surface area contributed by atoms with Crippen LogP contribution in [0, 0.1) is 0 Å². The Morgan fingerprint density at radius 3 is 1.74 bits per heavy atom. The van der Waals surface area contributed by atoms with Crippen LogP contribution in [0.5, 0.6) is 28.7 Å². The van der Waals surface area contributed by atoms with Gasteiger partial charge in [0.05, 0.1) is 39.6 Å². The number of ketones is 1. The molecule has 0 unspecified atom stereocenters. The molecule has 0 saturated carbocycles. The fraction of sp³-hybridized carbons (Fsp3) is 0.147. The molecule has 42 heavy (non-hydrogen) atoms. The molecule has 8 heteroatoms. The van der Waals surface area contributed by atoms with Crippen LogP contribution in [0.3, 0.4) is 0 Å². The summed E-state index contributed by atoms with van der Waals surface area (Å²) in [6.45, 7) is -0.0805. The maximum absolute atomic E-state index is 12.6. The molecular formula is C34H30N2O6. The SMILES string of the molecule is COc1c(OC)c(-c2c[nH]c3ccc(OCC(=O)c4ccccc4)cc23)c(OC)c(OC)c1-c1c[nH]c2ccccc12. The van der Waals surface area contributed by atoms with Crippen LogP contribution >= 0.6 is 0 Å². The monoisotopic (exact) mass is 562 g/mol. The van der Waals surface area contributed by atoms with Gasteiger partial charge in [-0.2, -0.15) is 0 Å². The highest BCUT2D eigenvalue weighted by atomic mass is 16.5. The fourth-order valence-corrected chi connectivity index (χ4v) is 5.46. The summed E-state index contributed by atoms with van der Waals surface area (Å²) in [7, 11) is 6.42. The van der Waals surface area contributed by atoms with Crippen molar-refractivity contribution in [2.45, 2.75) is 0 Å². The number of carbonyl (C=O) groups is 1. The van der Waals surface area contributed by atoms with E-state index in [1.807, 2.05) is 73.1 Å². The number of hydrogen-bond acceptors (Lipinski definition) is 6. The lowest BCUT2D eigenvalue weighted by molar-refractivity contribution is 0.0921. The predicted octanol–water partition coefficient (Wildman–Crippen LogP) is 7.28. The van der Waals surface area contributed by atoms with Crippen molar-refractivity contribution in [3.8, 4) is 51.0 Å². The number of Topliss-reactive ketones (excluding diaryl/α,β-unsaturated/α-hetero) is 1. The normalized spacial score (nSPS) is 11.0. The number of benzene rings is 4. The standard InChI is InChI=1S/C34H30N2O6/c1-38-31-29(24-17-35-26-13-9-8-12-22(24)26)32(39-2)34(41-4)30(33(31)40-3)25-18-36-27-15-14-21(16-23(25)27)42-19-28(37)20-10-6-5-7-11-20/h5-18,35-36H,19H2,1-4H3. The van der Waals surface area contributed by atoms with E-state index in [-0.39, 0.29) is 12.4 Å². The molecule has 212 valence electrons. The highest BCUT2D eigenvalue weighted by molar-refractivity contribution is 6.06. The van der Waals surface area contributed by atoms with Crippen molar-refractivity contribution in [2.24, 2.45) is 0 Å². The Balaban J connectivity index is 1.50. The summed E-state index contributed by atoms with van der Waals surface area (Å²) in [5.74, 6) is 2.44. The molecule has 8 nitrogen and oxygen atoms in total. The van der Waals surface area contributed by atoms with E-state index in [0.29, 0.717) is 45.4 Å². The fourth-order valence-electron chi connectivity index (χ4n) is 5.46. The third-order valence-corrected chi connectivity index (χ3v) is 7.38. The van der Waals surface area contributed by atoms with Gasteiger partial charge in [0.15, 0.2) is 35.4 Å². The van der Waals surface area contributed by atoms with Gasteiger partial charge in [-0.25, -0.2) is 0 Å². The summed E-state index contributed by atoms with van der Waals surface area (Å²) < 4.78 is 30.0. The zero-order valence-electron chi connectivity index (χ0n) is 23.7. The average molecular weight is 563 g/mol. The van der Waals surface area contributed by atoms with Gasteiger partial charge >= 0.3 is 0 Å². The summed E-state index contributed by atoms with van der Waals surface area (Å²) in [4.78, 5) is 19.3. The molecule has 0 atom stereocenters. The van der Waals surface area contributed by atoms with E-state index in [1.54, 1.807) is 40.6 Å². The number of carbonyl (C=O) groups excluding carboxylic acids is 1. The Bertz CT molecular complexity index is 1870. The zero-order valence-corrected chi connectivity index (χ0v) is 23.7. The second-order valence-electron chi connectivity index (χ2n) is 9.62. The number of para-hydroxylation sites is 1. The van der Waals surface area contributed by atoms with Crippen LogP contribution in [-0.4, -0.2) is 50.8 Å². The van der Waals surface area contributed by atoms with Gasteiger partial charge < -0.3 is 33.7 Å². The van der Waals surface area contributed by atoms with E-state index in [4.69, 9.17) is 23.7 Å². The number of aromatic nitrogens is 2. The van der Waals surface area contributed by atoms with E-state index in [9.17, 15) is 4.79 Å². The van der Waals surface area contributed by atoms with Crippen molar-refractivity contribution < 1.29 is 28.5 Å². The summed E-state index contributed by atoms with van der Waals surface area (Å²) in [5.41, 5.74) is 5.49. The lowest BCUT2D eigenvalue weighted by Gasteiger charge is -2.23. The van der Waals surface area contributed by atoms with Crippen LogP contribution in [0.25, 0.3) is 44.1 Å². The second kappa shape index (κ2) is 11.2. The smallest absolute Gasteiger partial charge is 0.200 e. The molecule has 0 fully saturated rings. The Morgan fingerprint density at radius 2 is 1.14 bits per heavy atom. The minimum Gasteiger partial charge on any atom is -0.492 e. The van der Waals surface area contributed by atoms with Crippen molar-refractivity contribution in [3.05, 3.63) is 90.8 Å². The van der Waals surface area contributed by atoms with Gasteiger partial charge in [-0.1, -0.05) is 48.5 Å². The molecule has 0 aliphatic heterocycles. The van der Waals surface area contributed by atoms with Gasteiger partial charge in [0, 0.05) is 50.9 Å². The van der Waals surface area contributed by atoms with Crippen LogP contribution in [0.1, 0.15) is 10.4 Å². The largest absolute Gasteiger partial charge is 0.492 e. The van der Waals surface area contributed by atoms with Crippen LogP contribution in [0.4, 0.5) is 0 Å². The number of H-pyrrole nitrogens is 2. The van der Waals surface area contributed by atoms with Crippen molar-refractivity contribution in [1.29, 1.82) is 0 Å². The second-order valence-corrected chi connectivity index (χ2v) is 9.62. The zero-order chi connectivity index (χ0) is 29.2. The van der Waals surface area contributed by atoms with E-state index >= 15 is 0 Å². The quantitative estimate of drug-likeness (QED) is 0.170. The van der Waals surface area contributed by atoms with Crippen molar-refractivity contribution in [3.63, 3.8) is 0 Å². The first-order valence-corrected chi connectivity index (χ1v) is 13.4. The minimum absolute atomic E-state index is 0.0805. The first-order valence-electron chi connectivity index (χ1n) is 13.4. The number of ether oxygens (including phenoxy) is 5. The molecule has 6 aromatic rings. The third kappa shape index (κ3) is 4.47. The van der Waals surface area contributed by atoms with Crippen LogP contribution in [-0.2, 0) is 0 Å². The van der Waals surface area contributed by atoms with Crippen LogP contribution in [0.2, 0.25) is 0 Å². The van der Waals surface area contributed by atoms with Crippen molar-refractivity contribution >= 4 is 27.6 Å². The number of methoxy groups -OCH3 is 4. The van der Waals surface area contributed by atoms with Crippen molar-refractivity contribution in [2.75, 3.05) is 35.0 Å². The highest BCUT2D eigenvalue weighted by Crippen LogP contribution is 2.58. The van der Waals surface area contributed by atoms with Gasteiger partial charge in [0.1, 0.15) is 5.75 Å². The number of hydrogen-bond donors (Lipinski definition) is 2. The third-order valence-electron chi connectivity index (χ3n) is 7.38. The summed E-state index contributed by atoms with van der Waals surface area (Å²) >= 11 is 0. The van der Waals surface area contributed by atoms with E-state index in [0.717, 1.165) is 32.9 Å². The maximum Gasteiger partial charge on any atom is 0.200 e. The number of nitrogens with one attached hydrogen (secondary N) is 2. The molecule has 0 aliphatic carbocycles. The average Bonchev–Trinajstić information content (AvgIpc) is 3.66. The van der Waals surface area contributed by atoms with Gasteiger partial charge in [-0.15, -0.1) is 0 Å². The van der Waals surface area contributed by atoms with E-state index < -0.39 is 0 Å². The van der Waals surface area contributed by atoms with Gasteiger partial charge in [0.2, 0.25) is 0 Å². The molecule has 0 spiro atoms. The Hall–Kier alpha value is -5.37. The summed E-state index contributed by atoms with van der Waals surface area (Å²) in [6, 6.07) is 22.7. The molecule has 0 saturated heterocycles. The van der Waals surface area contributed by atoms with Gasteiger partial charge in [-0.3, -0.25) is 4.79 Å². The first kappa shape index (κ1) is 26.8. The molecule has 4 aromatic carbocycles. The molecule has 6 rings (SSSR count). The minimum atomic E-state index is -0.101. The number of fused-ring (bicyclic) bond motifs is 2. The molecule has 0 bridgehead atoms. The lowest BCUT2D eigenvalue weighted by Crippen LogP contribution is -2.11. The topological polar surface area (TPSA) is 94.8 Å². The molecule has 0 amide bonds. The maximum atomic E-state index is 12.6. The first-order chi connectivity index (χ1) is 20.6. The van der Waals surface area contributed by atoms with E-state index in [1.165, 1.54) is 0 Å². The Labute approximate surface area is 242 Å². The van der Waals surface area contributed by atoms with Gasteiger partial charge in [-0.05, 0) is 24.3 Å². The predicted molar refractivity (Wildman–Crippen MR) is 164 cm³/mol. The van der Waals surface area contributed by atoms with E-state index in [2.05, 4.69) is 9.97 Å². The molecule has 2 aromatic heterocycles. The molecule has 0 radical (unpaired) electrons. The Morgan fingerprint density at radius 1 is 0.619 bits per heavy atom. The molecular weight excluding hydrogens is 532 g/mol. The van der Waals surface area contributed by atoms with Crippen LogP contribution < -0.4 is 23.7 Å². The van der Waals surface area contributed by atoms with Crippen molar-refractivity contribution in [1.82, 2.24) is 9.97 Å². The lowest BCUT2D eigenvalue weighted by atomic mass is 9.94. The summed E-state index contributed by atoms with van der Waals surface area (Å²) in [6.07, 6.45) is 3.81. The van der Waals surface area contributed by atoms with Crippen LogP contribution in [0.15, 0.2) is 85.2 Å². The number of rotatable bonds is 10. The molecule has 0 aliphatic rings. The Kier molecular flexibility index (Phi) is 7.19. The molecule has 2 heterocycles. The van der Waals surface area contributed by atoms with Gasteiger partial charge in [0.25, 0.3) is 0 Å². The summed E-state index contributed by atoms with van der Waals surface area (Å²) in [5, 5.41) is 1.85. The number of aromatic amines is 2. The molecule has 2 N–H and O–H groups in total. The highest BCUT2D eigenvalue weighted by Gasteiger charge is 2.31.